The van der Waals surface area contributed by atoms with E-state index in [1.54, 1.807) is 6.92 Å². The van der Waals surface area contributed by atoms with Gasteiger partial charge in [-0.2, -0.15) is 0 Å². The Kier molecular flexibility index (Phi) is 3.26. The van der Waals surface area contributed by atoms with E-state index in [0.717, 1.165) is 38.8 Å². The van der Waals surface area contributed by atoms with E-state index in [1.807, 2.05) is 0 Å². The molecule has 0 aromatic carbocycles. The van der Waals surface area contributed by atoms with Gasteiger partial charge in [-0.25, -0.2) is 0 Å². The number of carbonyl (C=O) groups is 1. The highest BCUT2D eigenvalue weighted by molar-refractivity contribution is 5.73. The lowest BCUT2D eigenvalue weighted by Gasteiger charge is -2.26. The van der Waals surface area contributed by atoms with Crippen LogP contribution >= 0.6 is 0 Å². The molecule has 1 unspecified atom stereocenters. The Balaban J connectivity index is 1.84. The lowest BCUT2D eigenvalue weighted by atomic mass is 10.2. The van der Waals surface area contributed by atoms with Crippen LogP contribution in [0.5, 0.6) is 0 Å². The SMILES string of the molecule is CC(=O)NC1CCN([C@@H]2CCC[C@H]2O)C1. The highest BCUT2D eigenvalue weighted by Crippen LogP contribution is 2.26. The summed E-state index contributed by atoms with van der Waals surface area (Å²) >= 11 is 0. The van der Waals surface area contributed by atoms with Gasteiger partial charge in [0.25, 0.3) is 0 Å². The molecule has 1 amide bonds. The van der Waals surface area contributed by atoms with Gasteiger partial charge in [-0.05, 0) is 25.7 Å². The fraction of sp³-hybridized carbons (Fsp3) is 0.909. The standard InChI is InChI=1S/C11H20N2O2/c1-8(14)12-9-5-6-13(7-9)10-3-2-4-11(10)15/h9-11,15H,2-7H2,1H3,(H,12,14)/t9?,10-,11-/m1/s1. The molecule has 4 heteroatoms. The summed E-state index contributed by atoms with van der Waals surface area (Å²) < 4.78 is 0. The second-order valence-electron chi connectivity index (χ2n) is 4.75. The molecule has 15 heavy (non-hydrogen) atoms. The first-order valence-electron chi connectivity index (χ1n) is 5.86. The van der Waals surface area contributed by atoms with Crippen LogP contribution in [-0.2, 0) is 4.79 Å². The molecular weight excluding hydrogens is 192 g/mol. The van der Waals surface area contributed by atoms with Gasteiger partial charge < -0.3 is 10.4 Å². The van der Waals surface area contributed by atoms with Crippen molar-refractivity contribution in [1.29, 1.82) is 0 Å². The number of aliphatic hydroxyl groups is 1. The molecular formula is C11H20N2O2. The van der Waals surface area contributed by atoms with Crippen LogP contribution in [0.25, 0.3) is 0 Å². The van der Waals surface area contributed by atoms with Gasteiger partial charge in [-0.3, -0.25) is 9.69 Å². The Labute approximate surface area is 90.6 Å². The third kappa shape index (κ3) is 2.49. The predicted molar refractivity (Wildman–Crippen MR) is 57.4 cm³/mol. The molecule has 1 aliphatic carbocycles. The molecule has 2 fully saturated rings. The molecule has 1 saturated heterocycles. The van der Waals surface area contributed by atoms with Crippen LogP contribution in [0, 0.1) is 0 Å². The quantitative estimate of drug-likeness (QED) is 0.683. The molecule has 0 spiro atoms. The van der Waals surface area contributed by atoms with E-state index in [4.69, 9.17) is 0 Å². The van der Waals surface area contributed by atoms with Crippen molar-refractivity contribution in [3.8, 4) is 0 Å². The van der Waals surface area contributed by atoms with Gasteiger partial charge >= 0.3 is 0 Å². The van der Waals surface area contributed by atoms with E-state index in [1.165, 1.54) is 0 Å². The van der Waals surface area contributed by atoms with E-state index in [-0.39, 0.29) is 18.1 Å². The average molecular weight is 212 g/mol. The van der Waals surface area contributed by atoms with Crippen LogP contribution in [0.15, 0.2) is 0 Å². The minimum atomic E-state index is -0.152. The lowest BCUT2D eigenvalue weighted by Crippen LogP contribution is -2.42. The third-order valence-corrected chi connectivity index (χ3v) is 3.54. The zero-order valence-electron chi connectivity index (χ0n) is 9.28. The highest BCUT2D eigenvalue weighted by atomic mass is 16.3. The predicted octanol–water partition coefficient (Wildman–Crippen LogP) is 0.110. The Morgan fingerprint density at radius 2 is 2.20 bits per heavy atom. The number of hydrogen-bond donors (Lipinski definition) is 2. The summed E-state index contributed by atoms with van der Waals surface area (Å²) in [6.07, 6.45) is 4.04. The number of hydrogen-bond acceptors (Lipinski definition) is 3. The molecule has 2 rings (SSSR count). The van der Waals surface area contributed by atoms with Crippen molar-refractivity contribution >= 4 is 5.91 Å². The van der Waals surface area contributed by atoms with Crippen LogP contribution < -0.4 is 5.32 Å². The molecule has 0 aromatic rings. The van der Waals surface area contributed by atoms with E-state index < -0.39 is 0 Å². The number of nitrogens with zero attached hydrogens (tertiary/aromatic N) is 1. The normalized spacial score (nSPS) is 37.1. The smallest absolute Gasteiger partial charge is 0.217 e. The maximum atomic E-state index is 10.9. The Bertz CT molecular complexity index is 245. The monoisotopic (exact) mass is 212 g/mol. The number of nitrogens with one attached hydrogen (secondary N) is 1. The molecule has 0 radical (unpaired) electrons. The molecule has 1 saturated carbocycles. The summed E-state index contributed by atoms with van der Waals surface area (Å²) in [4.78, 5) is 13.2. The molecule has 4 nitrogen and oxygen atoms in total. The first-order chi connectivity index (χ1) is 7.16. The van der Waals surface area contributed by atoms with E-state index in [0.29, 0.717) is 6.04 Å². The minimum absolute atomic E-state index is 0.0498. The number of likely N-dealkylation sites (tertiary alicyclic amines) is 1. The van der Waals surface area contributed by atoms with Gasteiger partial charge in [-0.1, -0.05) is 0 Å². The van der Waals surface area contributed by atoms with E-state index >= 15 is 0 Å². The number of carbonyl (C=O) groups excluding carboxylic acids is 1. The third-order valence-electron chi connectivity index (χ3n) is 3.54. The Morgan fingerprint density at radius 1 is 1.40 bits per heavy atom. The van der Waals surface area contributed by atoms with Gasteiger partial charge in [0.15, 0.2) is 0 Å². The number of amides is 1. The molecule has 1 heterocycles. The van der Waals surface area contributed by atoms with Crippen LogP contribution in [0.2, 0.25) is 0 Å². The molecule has 2 N–H and O–H groups in total. The summed E-state index contributed by atoms with van der Waals surface area (Å²) in [5.41, 5.74) is 0. The second-order valence-corrected chi connectivity index (χ2v) is 4.75. The topological polar surface area (TPSA) is 52.6 Å². The molecule has 3 atom stereocenters. The first-order valence-corrected chi connectivity index (χ1v) is 5.86. The number of rotatable bonds is 2. The Hall–Kier alpha value is -0.610. The zero-order valence-corrected chi connectivity index (χ0v) is 9.28. The summed E-state index contributed by atoms with van der Waals surface area (Å²) in [5, 5.41) is 12.7. The van der Waals surface area contributed by atoms with Crippen molar-refractivity contribution in [3.63, 3.8) is 0 Å². The van der Waals surface area contributed by atoms with Crippen LogP contribution in [-0.4, -0.2) is 47.2 Å². The lowest BCUT2D eigenvalue weighted by molar-refractivity contribution is -0.119. The van der Waals surface area contributed by atoms with Crippen LogP contribution in [0.4, 0.5) is 0 Å². The van der Waals surface area contributed by atoms with Crippen molar-refractivity contribution in [2.45, 2.75) is 50.8 Å². The molecule has 0 bridgehead atoms. The van der Waals surface area contributed by atoms with Crippen LogP contribution in [0.3, 0.4) is 0 Å². The Morgan fingerprint density at radius 3 is 2.80 bits per heavy atom. The molecule has 2 aliphatic rings. The van der Waals surface area contributed by atoms with Crippen LogP contribution in [0.1, 0.15) is 32.6 Å². The minimum Gasteiger partial charge on any atom is -0.391 e. The van der Waals surface area contributed by atoms with Gasteiger partial charge in [0.1, 0.15) is 0 Å². The van der Waals surface area contributed by atoms with Crippen molar-refractivity contribution in [3.05, 3.63) is 0 Å². The fourth-order valence-corrected chi connectivity index (χ4v) is 2.84. The van der Waals surface area contributed by atoms with E-state index in [2.05, 4.69) is 10.2 Å². The summed E-state index contributed by atoms with van der Waals surface area (Å²) in [5.74, 6) is 0.0498. The summed E-state index contributed by atoms with van der Waals surface area (Å²) in [7, 11) is 0. The maximum Gasteiger partial charge on any atom is 0.217 e. The second kappa shape index (κ2) is 4.49. The summed E-state index contributed by atoms with van der Waals surface area (Å²) in [6.45, 7) is 3.47. The van der Waals surface area contributed by atoms with E-state index in [9.17, 15) is 9.90 Å². The summed E-state index contributed by atoms with van der Waals surface area (Å²) in [6, 6.07) is 0.624. The largest absolute Gasteiger partial charge is 0.391 e. The van der Waals surface area contributed by atoms with Gasteiger partial charge in [0.05, 0.1) is 6.10 Å². The highest BCUT2D eigenvalue weighted by Gasteiger charge is 2.35. The van der Waals surface area contributed by atoms with Crippen molar-refractivity contribution in [2.75, 3.05) is 13.1 Å². The average Bonchev–Trinajstić information content (AvgIpc) is 2.72. The fourth-order valence-electron chi connectivity index (χ4n) is 2.84. The molecule has 1 aliphatic heterocycles. The van der Waals surface area contributed by atoms with Crippen molar-refractivity contribution in [1.82, 2.24) is 10.2 Å². The molecule has 0 aromatic heterocycles. The van der Waals surface area contributed by atoms with Crippen molar-refractivity contribution < 1.29 is 9.90 Å². The van der Waals surface area contributed by atoms with Crippen molar-refractivity contribution in [2.24, 2.45) is 0 Å². The number of aliphatic hydroxyl groups excluding tert-OH is 1. The molecule has 86 valence electrons. The maximum absolute atomic E-state index is 10.9. The first kappa shape index (κ1) is 10.9. The van der Waals surface area contributed by atoms with Gasteiger partial charge in [0.2, 0.25) is 5.91 Å². The van der Waals surface area contributed by atoms with Gasteiger partial charge in [-0.15, -0.1) is 0 Å². The van der Waals surface area contributed by atoms with Gasteiger partial charge in [0, 0.05) is 32.1 Å². The zero-order chi connectivity index (χ0) is 10.8.